The molecular formula is C7H6BrClOS. The van der Waals surface area contributed by atoms with Gasteiger partial charge in [0.1, 0.15) is 5.75 Å². The van der Waals surface area contributed by atoms with Gasteiger partial charge in [-0.1, -0.05) is 0 Å². The van der Waals surface area contributed by atoms with E-state index in [9.17, 15) is 0 Å². The Morgan fingerprint density at radius 1 is 1.55 bits per heavy atom. The maximum atomic E-state index is 5.59. The van der Waals surface area contributed by atoms with Crippen LogP contribution in [0.3, 0.4) is 0 Å². The summed E-state index contributed by atoms with van der Waals surface area (Å²) in [6.07, 6.45) is 0. The Kier molecular flexibility index (Phi) is 3.55. The SMILES string of the molecule is COc1ccc(Br)c(SCl)c1. The van der Waals surface area contributed by atoms with Crippen molar-refractivity contribution < 1.29 is 4.74 Å². The van der Waals surface area contributed by atoms with Crippen LogP contribution >= 0.6 is 37.6 Å². The van der Waals surface area contributed by atoms with Gasteiger partial charge in [-0.25, -0.2) is 0 Å². The van der Waals surface area contributed by atoms with Crippen molar-refractivity contribution in [2.45, 2.75) is 4.90 Å². The minimum atomic E-state index is 0.816. The lowest BCUT2D eigenvalue weighted by molar-refractivity contribution is 0.413. The van der Waals surface area contributed by atoms with Crippen LogP contribution in [0.2, 0.25) is 0 Å². The maximum Gasteiger partial charge on any atom is 0.120 e. The fraction of sp³-hybridized carbons (Fsp3) is 0.143. The zero-order valence-electron chi connectivity index (χ0n) is 5.80. The highest BCUT2D eigenvalue weighted by Crippen LogP contribution is 2.32. The third-order valence-corrected chi connectivity index (χ3v) is 3.18. The maximum absolute atomic E-state index is 5.59. The molecule has 0 saturated heterocycles. The Hall–Kier alpha value is 0.140. The average Bonchev–Trinajstić information content (AvgIpc) is 2.05. The van der Waals surface area contributed by atoms with Gasteiger partial charge in [-0.3, -0.25) is 0 Å². The van der Waals surface area contributed by atoms with Gasteiger partial charge in [-0.2, -0.15) is 0 Å². The Bertz CT molecular complexity index is 254. The smallest absolute Gasteiger partial charge is 0.120 e. The molecule has 1 nitrogen and oxygen atoms in total. The molecule has 0 spiro atoms. The molecule has 0 saturated carbocycles. The molecule has 0 atom stereocenters. The van der Waals surface area contributed by atoms with E-state index < -0.39 is 0 Å². The Morgan fingerprint density at radius 3 is 2.82 bits per heavy atom. The summed E-state index contributed by atoms with van der Waals surface area (Å²) in [6.45, 7) is 0. The predicted octanol–water partition coefficient (Wildman–Crippen LogP) is 3.70. The van der Waals surface area contributed by atoms with E-state index in [-0.39, 0.29) is 0 Å². The lowest BCUT2D eigenvalue weighted by atomic mass is 10.3. The first-order valence-electron chi connectivity index (χ1n) is 2.90. The van der Waals surface area contributed by atoms with E-state index in [0.717, 1.165) is 15.1 Å². The van der Waals surface area contributed by atoms with Gasteiger partial charge in [0.2, 0.25) is 0 Å². The van der Waals surface area contributed by atoms with Crippen molar-refractivity contribution in [3.63, 3.8) is 0 Å². The van der Waals surface area contributed by atoms with Crippen molar-refractivity contribution in [2.24, 2.45) is 0 Å². The average molecular weight is 254 g/mol. The molecule has 0 aliphatic carbocycles. The van der Waals surface area contributed by atoms with E-state index in [1.54, 1.807) is 7.11 Å². The molecule has 0 bridgehead atoms. The van der Waals surface area contributed by atoms with Gasteiger partial charge >= 0.3 is 0 Å². The molecule has 0 aliphatic heterocycles. The lowest BCUT2D eigenvalue weighted by Crippen LogP contribution is -1.82. The second-order valence-corrected chi connectivity index (χ2v) is 3.78. The van der Waals surface area contributed by atoms with E-state index in [2.05, 4.69) is 15.9 Å². The first-order valence-corrected chi connectivity index (χ1v) is 5.33. The van der Waals surface area contributed by atoms with Crippen LogP contribution in [-0.2, 0) is 0 Å². The van der Waals surface area contributed by atoms with Crippen molar-refractivity contribution in [2.75, 3.05) is 7.11 Å². The zero-order chi connectivity index (χ0) is 8.27. The summed E-state index contributed by atoms with van der Waals surface area (Å²) in [6, 6.07) is 5.66. The molecule has 0 radical (unpaired) electrons. The standard InChI is InChI=1S/C7H6BrClOS/c1-10-5-2-3-6(8)7(4-5)11-9/h2-4H,1H3. The second kappa shape index (κ2) is 4.24. The topological polar surface area (TPSA) is 9.23 Å². The van der Waals surface area contributed by atoms with Crippen molar-refractivity contribution in [3.8, 4) is 5.75 Å². The van der Waals surface area contributed by atoms with Gasteiger partial charge in [0, 0.05) is 9.37 Å². The summed E-state index contributed by atoms with van der Waals surface area (Å²) in [4.78, 5) is 0.964. The third kappa shape index (κ3) is 2.29. The van der Waals surface area contributed by atoms with Gasteiger partial charge < -0.3 is 4.74 Å². The molecule has 0 N–H and O–H groups in total. The Morgan fingerprint density at radius 2 is 2.27 bits per heavy atom. The number of hydrogen-bond donors (Lipinski definition) is 0. The highest BCUT2D eigenvalue weighted by molar-refractivity contribution is 9.10. The summed E-state index contributed by atoms with van der Waals surface area (Å²) < 4.78 is 6.00. The zero-order valence-corrected chi connectivity index (χ0v) is 8.96. The molecule has 60 valence electrons. The molecule has 0 heterocycles. The van der Waals surface area contributed by atoms with E-state index in [0.29, 0.717) is 0 Å². The molecule has 11 heavy (non-hydrogen) atoms. The van der Waals surface area contributed by atoms with Gasteiger partial charge in [-0.05, 0) is 55.8 Å². The van der Waals surface area contributed by atoms with E-state index >= 15 is 0 Å². The fourth-order valence-corrected chi connectivity index (χ4v) is 2.12. The lowest BCUT2D eigenvalue weighted by Gasteiger charge is -2.02. The van der Waals surface area contributed by atoms with Crippen LogP contribution in [0.1, 0.15) is 0 Å². The van der Waals surface area contributed by atoms with Crippen LogP contribution in [-0.4, -0.2) is 7.11 Å². The molecule has 0 fully saturated rings. The number of halogens is 2. The minimum absolute atomic E-state index is 0.816. The van der Waals surface area contributed by atoms with Gasteiger partial charge in [-0.15, -0.1) is 0 Å². The van der Waals surface area contributed by atoms with Crippen molar-refractivity contribution in [1.29, 1.82) is 0 Å². The van der Waals surface area contributed by atoms with Gasteiger partial charge in [0.15, 0.2) is 0 Å². The summed E-state index contributed by atoms with van der Waals surface area (Å²) in [5.74, 6) is 0.816. The van der Waals surface area contributed by atoms with Crippen LogP contribution in [0.15, 0.2) is 27.6 Å². The molecule has 0 aliphatic rings. The quantitative estimate of drug-likeness (QED) is 0.795. The molecule has 0 aromatic heterocycles. The molecule has 1 aromatic rings. The molecule has 4 heteroatoms. The first kappa shape index (κ1) is 9.23. The van der Waals surface area contributed by atoms with E-state index in [1.807, 2.05) is 18.2 Å². The van der Waals surface area contributed by atoms with Crippen molar-refractivity contribution >= 4 is 37.6 Å². The molecule has 0 unspecified atom stereocenters. The number of hydrogen-bond acceptors (Lipinski definition) is 2. The fourth-order valence-electron chi connectivity index (χ4n) is 0.670. The van der Waals surface area contributed by atoms with Gasteiger partial charge in [0.25, 0.3) is 0 Å². The third-order valence-electron chi connectivity index (χ3n) is 1.22. The van der Waals surface area contributed by atoms with Crippen molar-refractivity contribution in [3.05, 3.63) is 22.7 Å². The number of rotatable bonds is 2. The van der Waals surface area contributed by atoms with E-state index in [4.69, 9.17) is 15.4 Å². The van der Waals surface area contributed by atoms with Crippen LogP contribution in [0.25, 0.3) is 0 Å². The minimum Gasteiger partial charge on any atom is -0.497 e. The van der Waals surface area contributed by atoms with E-state index in [1.165, 1.54) is 11.0 Å². The Balaban J connectivity index is 3.02. The predicted molar refractivity (Wildman–Crippen MR) is 52.4 cm³/mol. The van der Waals surface area contributed by atoms with Crippen LogP contribution < -0.4 is 4.74 Å². The van der Waals surface area contributed by atoms with Crippen LogP contribution in [0.5, 0.6) is 5.75 Å². The molecule has 0 amide bonds. The van der Waals surface area contributed by atoms with Gasteiger partial charge in [0.05, 0.1) is 7.11 Å². The summed E-state index contributed by atoms with van der Waals surface area (Å²) >= 11 is 3.36. The normalized spacial score (nSPS) is 9.73. The highest BCUT2D eigenvalue weighted by Gasteiger charge is 2.00. The van der Waals surface area contributed by atoms with Crippen molar-refractivity contribution in [1.82, 2.24) is 0 Å². The molecule has 1 rings (SSSR count). The Labute approximate surface area is 82.7 Å². The number of ether oxygens (including phenoxy) is 1. The summed E-state index contributed by atoms with van der Waals surface area (Å²) in [7, 11) is 8.39. The summed E-state index contributed by atoms with van der Waals surface area (Å²) in [5, 5.41) is 0. The number of methoxy groups -OCH3 is 1. The number of benzene rings is 1. The highest BCUT2D eigenvalue weighted by atomic mass is 79.9. The van der Waals surface area contributed by atoms with Crippen LogP contribution in [0.4, 0.5) is 0 Å². The first-order chi connectivity index (χ1) is 5.27. The summed E-state index contributed by atoms with van der Waals surface area (Å²) in [5.41, 5.74) is 0. The molecular weight excluding hydrogens is 247 g/mol. The largest absolute Gasteiger partial charge is 0.497 e. The monoisotopic (exact) mass is 252 g/mol. The second-order valence-electron chi connectivity index (χ2n) is 1.87. The molecule has 1 aromatic carbocycles. The van der Waals surface area contributed by atoms with Crippen LogP contribution in [0, 0.1) is 0 Å².